The summed E-state index contributed by atoms with van der Waals surface area (Å²) < 4.78 is 35.6. The van der Waals surface area contributed by atoms with Gasteiger partial charge in [-0.05, 0) is 37.5 Å². The van der Waals surface area contributed by atoms with Crippen molar-refractivity contribution in [3.8, 4) is 5.75 Å². The van der Waals surface area contributed by atoms with Gasteiger partial charge in [0.05, 0.1) is 12.4 Å². The molecule has 0 bridgehead atoms. The molecule has 1 saturated heterocycles. The summed E-state index contributed by atoms with van der Waals surface area (Å²) in [5.74, 6) is 0.727. The van der Waals surface area contributed by atoms with E-state index in [1.807, 2.05) is 24.3 Å². The van der Waals surface area contributed by atoms with E-state index in [0.717, 1.165) is 11.3 Å². The summed E-state index contributed by atoms with van der Waals surface area (Å²) in [6.07, 6.45) is 1.13. The molecule has 0 saturated carbocycles. The molecular formula is C18H28N2O5S. The number of methoxy groups -OCH3 is 1. The van der Waals surface area contributed by atoms with Crippen molar-refractivity contribution in [1.29, 1.82) is 0 Å². The maximum absolute atomic E-state index is 12.3. The first kappa shape index (κ1) is 20.7. The maximum Gasteiger partial charge on any atom is 0.223 e. The molecule has 1 aliphatic heterocycles. The van der Waals surface area contributed by atoms with Gasteiger partial charge in [0.25, 0.3) is 0 Å². The number of carbonyl (C=O) groups excluding carboxylic acids is 1. The van der Waals surface area contributed by atoms with Crippen molar-refractivity contribution in [2.24, 2.45) is 5.92 Å². The van der Waals surface area contributed by atoms with Crippen LogP contribution in [0.4, 0.5) is 0 Å². The largest absolute Gasteiger partial charge is 0.491 e. The van der Waals surface area contributed by atoms with Gasteiger partial charge in [0.2, 0.25) is 15.9 Å². The molecule has 1 N–H and O–H groups in total. The Hall–Kier alpha value is -1.64. The number of amides is 1. The van der Waals surface area contributed by atoms with Crippen LogP contribution in [-0.4, -0.2) is 57.8 Å². The molecule has 0 atom stereocenters. The lowest BCUT2D eigenvalue weighted by molar-refractivity contribution is -0.126. The SMILES string of the molecule is CCS(=O)(=O)N1CCC(C(=O)NCc2ccc(OCCOC)cc2)CC1. The van der Waals surface area contributed by atoms with Crippen molar-refractivity contribution >= 4 is 15.9 Å². The van der Waals surface area contributed by atoms with Crippen LogP contribution in [0.3, 0.4) is 0 Å². The third-order valence-electron chi connectivity index (χ3n) is 4.53. The van der Waals surface area contributed by atoms with Crippen LogP contribution in [-0.2, 0) is 26.1 Å². The molecule has 1 aromatic rings. The second-order valence-corrected chi connectivity index (χ2v) is 8.53. The highest BCUT2D eigenvalue weighted by molar-refractivity contribution is 7.89. The quantitative estimate of drug-likeness (QED) is 0.651. The van der Waals surface area contributed by atoms with Crippen LogP contribution in [0.1, 0.15) is 25.3 Å². The van der Waals surface area contributed by atoms with Gasteiger partial charge in [-0.3, -0.25) is 4.79 Å². The fourth-order valence-electron chi connectivity index (χ4n) is 2.86. The maximum atomic E-state index is 12.3. The monoisotopic (exact) mass is 384 g/mol. The summed E-state index contributed by atoms with van der Waals surface area (Å²) in [4.78, 5) is 12.3. The first-order valence-corrected chi connectivity index (χ1v) is 10.5. The molecule has 1 fully saturated rings. The number of benzene rings is 1. The van der Waals surface area contributed by atoms with E-state index in [4.69, 9.17) is 9.47 Å². The van der Waals surface area contributed by atoms with Crippen LogP contribution < -0.4 is 10.1 Å². The summed E-state index contributed by atoms with van der Waals surface area (Å²) in [6, 6.07) is 7.56. The Kier molecular flexibility index (Phi) is 7.86. The van der Waals surface area contributed by atoms with E-state index in [0.29, 0.717) is 45.7 Å². The molecule has 1 aromatic carbocycles. The second kappa shape index (κ2) is 9.89. The van der Waals surface area contributed by atoms with Gasteiger partial charge in [-0.1, -0.05) is 12.1 Å². The van der Waals surface area contributed by atoms with E-state index in [9.17, 15) is 13.2 Å². The number of hydrogen-bond acceptors (Lipinski definition) is 5. The smallest absolute Gasteiger partial charge is 0.223 e. The number of piperidine rings is 1. The van der Waals surface area contributed by atoms with Gasteiger partial charge in [-0.25, -0.2) is 12.7 Å². The van der Waals surface area contributed by atoms with Gasteiger partial charge >= 0.3 is 0 Å². The van der Waals surface area contributed by atoms with Crippen LogP contribution in [0.2, 0.25) is 0 Å². The van der Waals surface area contributed by atoms with E-state index >= 15 is 0 Å². The molecule has 0 aromatic heterocycles. The molecule has 8 heteroatoms. The van der Waals surface area contributed by atoms with Gasteiger partial charge in [0, 0.05) is 32.7 Å². The lowest BCUT2D eigenvalue weighted by Crippen LogP contribution is -2.43. The lowest BCUT2D eigenvalue weighted by Gasteiger charge is -2.30. The minimum Gasteiger partial charge on any atom is -0.491 e. The van der Waals surface area contributed by atoms with Crippen molar-refractivity contribution in [2.45, 2.75) is 26.3 Å². The average molecular weight is 384 g/mol. The molecule has 146 valence electrons. The predicted octanol–water partition coefficient (Wildman–Crippen LogP) is 1.39. The zero-order valence-electron chi connectivity index (χ0n) is 15.4. The molecule has 2 rings (SSSR count). The van der Waals surface area contributed by atoms with Crippen LogP contribution in [0.5, 0.6) is 5.75 Å². The van der Waals surface area contributed by atoms with Crippen molar-refractivity contribution < 1.29 is 22.7 Å². The van der Waals surface area contributed by atoms with E-state index in [2.05, 4.69) is 5.32 Å². The number of sulfonamides is 1. The minimum atomic E-state index is -3.16. The van der Waals surface area contributed by atoms with E-state index in [1.165, 1.54) is 4.31 Å². The molecule has 1 amide bonds. The van der Waals surface area contributed by atoms with Crippen LogP contribution >= 0.6 is 0 Å². The summed E-state index contributed by atoms with van der Waals surface area (Å²) in [5.41, 5.74) is 0.989. The molecule has 1 heterocycles. The number of rotatable bonds is 9. The number of ether oxygens (including phenoxy) is 2. The molecule has 0 aliphatic carbocycles. The molecule has 26 heavy (non-hydrogen) atoms. The summed E-state index contributed by atoms with van der Waals surface area (Å²) in [5, 5.41) is 2.94. The van der Waals surface area contributed by atoms with Crippen LogP contribution in [0, 0.1) is 5.92 Å². The van der Waals surface area contributed by atoms with Crippen molar-refractivity contribution in [3.63, 3.8) is 0 Å². The van der Waals surface area contributed by atoms with E-state index in [1.54, 1.807) is 14.0 Å². The lowest BCUT2D eigenvalue weighted by atomic mass is 9.97. The highest BCUT2D eigenvalue weighted by Crippen LogP contribution is 2.20. The Morgan fingerprint density at radius 1 is 1.19 bits per heavy atom. The van der Waals surface area contributed by atoms with Crippen LogP contribution in [0.15, 0.2) is 24.3 Å². The zero-order chi connectivity index (χ0) is 19.0. The standard InChI is InChI=1S/C18H28N2O5S/c1-3-26(22,23)20-10-8-16(9-11-20)18(21)19-14-15-4-6-17(7-5-15)25-13-12-24-2/h4-7,16H,3,8-14H2,1-2H3,(H,19,21). The Bertz CT molecular complexity index is 667. The van der Waals surface area contributed by atoms with Gasteiger partial charge in [-0.2, -0.15) is 0 Å². The second-order valence-electron chi connectivity index (χ2n) is 6.28. The Labute approximate surface area is 155 Å². The highest BCUT2D eigenvalue weighted by Gasteiger charge is 2.29. The topological polar surface area (TPSA) is 84.9 Å². The van der Waals surface area contributed by atoms with Crippen molar-refractivity contribution in [2.75, 3.05) is 39.2 Å². The zero-order valence-corrected chi connectivity index (χ0v) is 16.3. The Morgan fingerprint density at radius 2 is 1.85 bits per heavy atom. The van der Waals surface area contributed by atoms with Crippen LogP contribution in [0.25, 0.3) is 0 Å². The predicted molar refractivity (Wildman–Crippen MR) is 99.4 cm³/mol. The number of carbonyl (C=O) groups is 1. The van der Waals surface area contributed by atoms with E-state index in [-0.39, 0.29) is 17.6 Å². The third kappa shape index (κ3) is 5.96. The van der Waals surface area contributed by atoms with Gasteiger partial charge in [-0.15, -0.1) is 0 Å². The number of hydrogen-bond donors (Lipinski definition) is 1. The fourth-order valence-corrected chi connectivity index (χ4v) is 3.99. The summed E-state index contributed by atoms with van der Waals surface area (Å²) in [6.45, 7) is 3.96. The molecule has 1 aliphatic rings. The van der Waals surface area contributed by atoms with Gasteiger partial charge < -0.3 is 14.8 Å². The number of nitrogens with one attached hydrogen (secondary N) is 1. The molecule has 0 unspecified atom stereocenters. The third-order valence-corrected chi connectivity index (χ3v) is 6.41. The molecular weight excluding hydrogens is 356 g/mol. The van der Waals surface area contributed by atoms with Crippen molar-refractivity contribution in [1.82, 2.24) is 9.62 Å². The summed E-state index contributed by atoms with van der Waals surface area (Å²) in [7, 11) is -1.53. The Balaban J connectivity index is 1.75. The Morgan fingerprint density at radius 3 is 2.42 bits per heavy atom. The van der Waals surface area contributed by atoms with Crippen molar-refractivity contribution in [3.05, 3.63) is 29.8 Å². The average Bonchev–Trinajstić information content (AvgIpc) is 2.67. The van der Waals surface area contributed by atoms with Gasteiger partial charge in [0.15, 0.2) is 0 Å². The molecule has 7 nitrogen and oxygen atoms in total. The summed E-state index contributed by atoms with van der Waals surface area (Å²) >= 11 is 0. The van der Waals surface area contributed by atoms with Gasteiger partial charge in [0.1, 0.15) is 12.4 Å². The first-order chi connectivity index (χ1) is 12.5. The highest BCUT2D eigenvalue weighted by atomic mass is 32.2. The van der Waals surface area contributed by atoms with E-state index < -0.39 is 10.0 Å². The number of nitrogens with zero attached hydrogens (tertiary/aromatic N) is 1. The first-order valence-electron chi connectivity index (χ1n) is 8.92. The molecule has 0 radical (unpaired) electrons. The minimum absolute atomic E-state index is 0.0148. The normalized spacial score (nSPS) is 16.4. The fraction of sp³-hybridized carbons (Fsp3) is 0.611. The molecule has 0 spiro atoms.